The third kappa shape index (κ3) is 3.82. The molecule has 1 N–H and O–H groups in total. The Morgan fingerprint density at radius 3 is 2.74 bits per heavy atom. The number of aryl methyl sites for hydroxylation is 1. The Balaban J connectivity index is 1.97. The van der Waals surface area contributed by atoms with E-state index in [0.29, 0.717) is 11.7 Å². The molecule has 0 saturated carbocycles. The second kappa shape index (κ2) is 7.58. The number of rotatable bonds is 6. The Kier molecular flexibility index (Phi) is 5.22. The lowest BCUT2D eigenvalue weighted by atomic mass is 10.1. The number of ether oxygens (including phenoxy) is 2. The summed E-state index contributed by atoms with van der Waals surface area (Å²) in [6.45, 7) is 4.03. The van der Waals surface area contributed by atoms with Gasteiger partial charge in [-0.15, -0.1) is 0 Å². The molecular formula is C18H17N3O5S. The highest BCUT2D eigenvalue weighted by molar-refractivity contribution is 7.22. The minimum atomic E-state index is -0.640. The molecule has 27 heavy (non-hydrogen) atoms. The molecule has 0 fully saturated rings. The highest BCUT2D eigenvalue weighted by Gasteiger charge is 2.25. The zero-order chi connectivity index (χ0) is 19.6. The van der Waals surface area contributed by atoms with Crippen molar-refractivity contribution < 1.29 is 19.2 Å². The summed E-state index contributed by atoms with van der Waals surface area (Å²) < 4.78 is 11.5. The fourth-order valence-electron chi connectivity index (χ4n) is 2.56. The number of thiazole rings is 1. The Morgan fingerprint density at radius 2 is 2.07 bits per heavy atom. The first-order chi connectivity index (χ1) is 12.9. The van der Waals surface area contributed by atoms with Gasteiger partial charge in [-0.05, 0) is 31.5 Å². The predicted molar refractivity (Wildman–Crippen MR) is 103 cm³/mol. The lowest BCUT2D eigenvalue weighted by Crippen LogP contribution is -2.14. The van der Waals surface area contributed by atoms with Gasteiger partial charge in [0.1, 0.15) is 5.56 Å². The molecule has 1 heterocycles. The molecule has 0 spiro atoms. The molecule has 2 aromatic carbocycles. The summed E-state index contributed by atoms with van der Waals surface area (Å²) >= 11 is 1.30. The standard InChI is InChI=1S/C18H17N3O5S/c1-4-26-15-9-13(21(23)24)11(8-14(15)25-3)17(22)20-18-19-12-6-5-10(2)7-16(12)27-18/h5-9H,4H2,1-3H3,(H,19,20,22). The summed E-state index contributed by atoms with van der Waals surface area (Å²) in [6, 6.07) is 8.24. The first kappa shape index (κ1) is 18.6. The normalized spacial score (nSPS) is 10.6. The Morgan fingerprint density at radius 1 is 1.30 bits per heavy atom. The molecule has 0 unspecified atom stereocenters. The molecule has 0 aliphatic rings. The molecule has 0 aliphatic heterocycles. The molecule has 3 aromatic rings. The van der Waals surface area contributed by atoms with Crippen molar-refractivity contribution in [1.29, 1.82) is 0 Å². The maximum atomic E-state index is 12.7. The van der Waals surface area contributed by atoms with Gasteiger partial charge in [0, 0.05) is 6.07 Å². The molecule has 0 radical (unpaired) electrons. The summed E-state index contributed by atoms with van der Waals surface area (Å²) in [4.78, 5) is 27.8. The van der Waals surface area contributed by atoms with Crippen molar-refractivity contribution in [3.8, 4) is 11.5 Å². The zero-order valence-electron chi connectivity index (χ0n) is 14.9. The van der Waals surface area contributed by atoms with Gasteiger partial charge in [0.2, 0.25) is 0 Å². The van der Waals surface area contributed by atoms with Gasteiger partial charge in [0.25, 0.3) is 11.6 Å². The number of nitro groups is 1. The third-order valence-corrected chi connectivity index (χ3v) is 4.72. The fraction of sp³-hybridized carbons (Fsp3) is 0.222. The number of hydrogen-bond donors (Lipinski definition) is 1. The summed E-state index contributed by atoms with van der Waals surface area (Å²) in [5, 5.41) is 14.4. The summed E-state index contributed by atoms with van der Waals surface area (Å²) in [5.74, 6) is -0.190. The number of hydrogen-bond acceptors (Lipinski definition) is 7. The molecule has 8 nitrogen and oxygen atoms in total. The van der Waals surface area contributed by atoms with E-state index in [-0.39, 0.29) is 22.7 Å². The van der Waals surface area contributed by atoms with Crippen LogP contribution in [0.1, 0.15) is 22.8 Å². The second-order valence-corrected chi connectivity index (χ2v) is 6.69. The van der Waals surface area contributed by atoms with Gasteiger partial charge in [-0.2, -0.15) is 0 Å². The number of methoxy groups -OCH3 is 1. The molecule has 0 atom stereocenters. The van der Waals surface area contributed by atoms with E-state index in [0.717, 1.165) is 15.8 Å². The number of nitro benzene ring substituents is 1. The second-order valence-electron chi connectivity index (χ2n) is 5.65. The molecule has 9 heteroatoms. The first-order valence-corrected chi connectivity index (χ1v) is 8.92. The van der Waals surface area contributed by atoms with E-state index in [9.17, 15) is 14.9 Å². The number of nitrogens with one attached hydrogen (secondary N) is 1. The van der Waals surface area contributed by atoms with Crippen LogP contribution in [0.3, 0.4) is 0 Å². The Hall–Kier alpha value is -3.20. The largest absolute Gasteiger partial charge is 0.493 e. The molecule has 0 bridgehead atoms. The molecule has 0 aliphatic carbocycles. The van der Waals surface area contributed by atoms with Crippen molar-refractivity contribution >= 4 is 38.3 Å². The van der Waals surface area contributed by atoms with E-state index >= 15 is 0 Å². The van der Waals surface area contributed by atoms with E-state index in [4.69, 9.17) is 9.47 Å². The molecular weight excluding hydrogens is 370 g/mol. The Bertz CT molecular complexity index is 1030. The van der Waals surface area contributed by atoms with Gasteiger partial charge in [-0.25, -0.2) is 4.98 Å². The van der Waals surface area contributed by atoms with Gasteiger partial charge in [-0.3, -0.25) is 20.2 Å². The maximum absolute atomic E-state index is 12.7. The van der Waals surface area contributed by atoms with Crippen LogP contribution in [0.4, 0.5) is 10.8 Å². The van der Waals surface area contributed by atoms with Crippen LogP contribution in [0.2, 0.25) is 0 Å². The van der Waals surface area contributed by atoms with Crippen molar-refractivity contribution in [2.45, 2.75) is 13.8 Å². The smallest absolute Gasteiger partial charge is 0.286 e. The van der Waals surface area contributed by atoms with Gasteiger partial charge < -0.3 is 9.47 Å². The first-order valence-electron chi connectivity index (χ1n) is 8.10. The van der Waals surface area contributed by atoms with E-state index < -0.39 is 10.8 Å². The average Bonchev–Trinajstić information content (AvgIpc) is 3.02. The molecule has 1 amide bonds. The van der Waals surface area contributed by atoms with Crippen LogP contribution in [0, 0.1) is 17.0 Å². The van der Waals surface area contributed by atoms with Gasteiger partial charge >= 0.3 is 0 Å². The predicted octanol–water partition coefficient (Wildman–Crippen LogP) is 4.17. The quantitative estimate of drug-likeness (QED) is 0.503. The number of benzene rings is 2. The Labute approximate surface area is 158 Å². The van der Waals surface area contributed by atoms with E-state index in [1.165, 1.54) is 30.6 Å². The van der Waals surface area contributed by atoms with E-state index in [2.05, 4.69) is 10.3 Å². The lowest BCUT2D eigenvalue weighted by molar-refractivity contribution is -0.385. The van der Waals surface area contributed by atoms with Gasteiger partial charge in [0.05, 0.1) is 34.9 Å². The topological polar surface area (TPSA) is 104 Å². The van der Waals surface area contributed by atoms with Crippen molar-refractivity contribution in [2.24, 2.45) is 0 Å². The SMILES string of the molecule is CCOc1cc([N+](=O)[O-])c(C(=O)Nc2nc3ccc(C)cc3s2)cc1OC. The molecule has 1 aromatic heterocycles. The van der Waals surface area contributed by atoms with E-state index in [1.54, 1.807) is 6.92 Å². The summed E-state index contributed by atoms with van der Waals surface area (Å²) in [6.07, 6.45) is 0. The number of aromatic nitrogens is 1. The molecule has 0 saturated heterocycles. The zero-order valence-corrected chi connectivity index (χ0v) is 15.8. The highest BCUT2D eigenvalue weighted by Crippen LogP contribution is 2.35. The molecule has 140 valence electrons. The van der Waals surface area contributed by atoms with Crippen molar-refractivity contribution in [1.82, 2.24) is 4.98 Å². The number of carbonyl (C=O) groups excluding carboxylic acids is 1. The lowest BCUT2D eigenvalue weighted by Gasteiger charge is -2.11. The van der Waals surface area contributed by atoms with Crippen LogP contribution in [-0.4, -0.2) is 29.5 Å². The van der Waals surface area contributed by atoms with Crippen LogP contribution in [0.15, 0.2) is 30.3 Å². The van der Waals surface area contributed by atoms with E-state index in [1.807, 2.05) is 25.1 Å². The van der Waals surface area contributed by atoms with Crippen molar-refractivity contribution in [3.05, 3.63) is 51.6 Å². The highest BCUT2D eigenvalue weighted by atomic mass is 32.1. The minimum Gasteiger partial charge on any atom is -0.493 e. The third-order valence-electron chi connectivity index (χ3n) is 3.79. The molecule has 3 rings (SSSR count). The van der Waals surface area contributed by atoms with Gasteiger partial charge in [0.15, 0.2) is 16.6 Å². The van der Waals surface area contributed by atoms with Crippen LogP contribution in [0.5, 0.6) is 11.5 Å². The van der Waals surface area contributed by atoms with Crippen LogP contribution < -0.4 is 14.8 Å². The number of fused-ring (bicyclic) bond motifs is 1. The summed E-state index contributed by atoms with van der Waals surface area (Å²) in [7, 11) is 1.40. The monoisotopic (exact) mass is 387 g/mol. The number of anilines is 1. The maximum Gasteiger partial charge on any atom is 0.286 e. The van der Waals surface area contributed by atoms with Crippen LogP contribution >= 0.6 is 11.3 Å². The minimum absolute atomic E-state index is 0.129. The van der Waals surface area contributed by atoms with Gasteiger partial charge in [-0.1, -0.05) is 17.4 Å². The van der Waals surface area contributed by atoms with Crippen LogP contribution in [-0.2, 0) is 0 Å². The fourth-order valence-corrected chi connectivity index (χ4v) is 3.52. The van der Waals surface area contributed by atoms with Crippen molar-refractivity contribution in [2.75, 3.05) is 19.0 Å². The van der Waals surface area contributed by atoms with Crippen molar-refractivity contribution in [3.63, 3.8) is 0 Å². The summed E-state index contributed by atoms with van der Waals surface area (Å²) in [5.41, 5.74) is 1.33. The van der Waals surface area contributed by atoms with Crippen LogP contribution in [0.25, 0.3) is 10.2 Å². The number of amides is 1. The number of nitrogens with zero attached hydrogens (tertiary/aromatic N) is 2. The number of carbonyl (C=O) groups is 1. The average molecular weight is 387 g/mol.